The molecule has 104 valence electrons. The van der Waals surface area contributed by atoms with E-state index in [4.69, 9.17) is 0 Å². The van der Waals surface area contributed by atoms with Gasteiger partial charge in [-0.15, -0.1) is 0 Å². The quantitative estimate of drug-likeness (QED) is 0.687. The van der Waals surface area contributed by atoms with Gasteiger partial charge in [0.05, 0.1) is 36.7 Å². The van der Waals surface area contributed by atoms with Crippen molar-refractivity contribution in [2.24, 2.45) is 0 Å². The molecule has 1 aliphatic heterocycles. The summed E-state index contributed by atoms with van der Waals surface area (Å²) in [6.07, 6.45) is 3.23. The van der Waals surface area contributed by atoms with Gasteiger partial charge < -0.3 is 9.64 Å². The molecule has 1 aliphatic rings. The lowest BCUT2D eigenvalue weighted by molar-refractivity contribution is -0.139. The van der Waals surface area contributed by atoms with E-state index in [0.717, 1.165) is 5.69 Å². The predicted molar refractivity (Wildman–Crippen MR) is 68.6 cm³/mol. The minimum Gasteiger partial charge on any atom is -0.469 e. The van der Waals surface area contributed by atoms with E-state index in [2.05, 4.69) is 14.7 Å². The van der Waals surface area contributed by atoms with Gasteiger partial charge in [0, 0.05) is 13.1 Å². The van der Waals surface area contributed by atoms with Crippen molar-refractivity contribution in [3.8, 4) is 0 Å². The van der Waals surface area contributed by atoms with Crippen LogP contribution >= 0.6 is 0 Å². The summed E-state index contributed by atoms with van der Waals surface area (Å²) in [7, 11) is -1.58. The number of hydrogen-bond acceptors (Lipinski definition) is 7. The number of nitrogens with zero attached hydrogens (tertiary/aromatic N) is 3. The van der Waals surface area contributed by atoms with Crippen molar-refractivity contribution < 1.29 is 17.9 Å². The zero-order chi connectivity index (χ0) is 13.9. The van der Waals surface area contributed by atoms with Crippen LogP contribution in [0.1, 0.15) is 5.82 Å². The minimum atomic E-state index is -2.89. The van der Waals surface area contributed by atoms with E-state index in [9.17, 15) is 13.2 Å². The first kappa shape index (κ1) is 13.7. The van der Waals surface area contributed by atoms with E-state index in [0.29, 0.717) is 18.9 Å². The Kier molecular flexibility index (Phi) is 3.98. The van der Waals surface area contributed by atoms with Gasteiger partial charge in [0.2, 0.25) is 0 Å². The average molecular weight is 285 g/mol. The molecule has 0 aliphatic carbocycles. The number of sulfone groups is 1. The van der Waals surface area contributed by atoms with Gasteiger partial charge in [-0.2, -0.15) is 0 Å². The Balaban J connectivity index is 2.01. The van der Waals surface area contributed by atoms with Gasteiger partial charge >= 0.3 is 5.97 Å². The number of carbonyl (C=O) groups is 1. The second-order valence-electron chi connectivity index (χ2n) is 4.25. The summed E-state index contributed by atoms with van der Waals surface area (Å²) in [6.45, 7) is 0.893. The summed E-state index contributed by atoms with van der Waals surface area (Å²) < 4.78 is 27.2. The summed E-state index contributed by atoms with van der Waals surface area (Å²) in [5.41, 5.74) is 0.767. The maximum Gasteiger partial charge on any atom is 0.313 e. The standard InChI is InChI=1S/C11H15N3O4S/c1-18-11(15)6-10-12-7-9(8-13-10)14-2-4-19(16,17)5-3-14/h7-8H,2-6H2,1H3. The van der Waals surface area contributed by atoms with E-state index in [1.807, 2.05) is 4.90 Å². The summed E-state index contributed by atoms with van der Waals surface area (Å²) >= 11 is 0. The first-order valence-corrected chi connectivity index (χ1v) is 7.65. The Morgan fingerprint density at radius 1 is 1.32 bits per heavy atom. The Morgan fingerprint density at radius 2 is 1.89 bits per heavy atom. The first-order valence-electron chi connectivity index (χ1n) is 5.83. The number of anilines is 1. The molecule has 2 rings (SSSR count). The Bertz CT molecular complexity index is 542. The number of esters is 1. The molecule has 1 aromatic heterocycles. The monoisotopic (exact) mass is 285 g/mol. The van der Waals surface area contributed by atoms with E-state index < -0.39 is 15.8 Å². The third-order valence-electron chi connectivity index (χ3n) is 2.93. The van der Waals surface area contributed by atoms with Crippen molar-refractivity contribution in [3.05, 3.63) is 18.2 Å². The van der Waals surface area contributed by atoms with Gasteiger partial charge in [0.25, 0.3) is 0 Å². The van der Waals surface area contributed by atoms with Crippen molar-refractivity contribution in [1.82, 2.24) is 9.97 Å². The SMILES string of the molecule is COC(=O)Cc1ncc(N2CCS(=O)(=O)CC2)cn1. The van der Waals surface area contributed by atoms with E-state index in [1.54, 1.807) is 12.4 Å². The molecule has 7 nitrogen and oxygen atoms in total. The number of ether oxygens (including phenoxy) is 1. The van der Waals surface area contributed by atoms with Crippen LogP contribution in [-0.4, -0.2) is 56.1 Å². The van der Waals surface area contributed by atoms with Gasteiger partial charge in [0.1, 0.15) is 12.2 Å². The highest BCUT2D eigenvalue weighted by Gasteiger charge is 2.22. The molecular weight excluding hydrogens is 270 g/mol. The van der Waals surface area contributed by atoms with Crippen molar-refractivity contribution in [1.29, 1.82) is 0 Å². The fraction of sp³-hybridized carbons (Fsp3) is 0.545. The fourth-order valence-corrected chi connectivity index (χ4v) is 2.98. The van der Waals surface area contributed by atoms with Crippen molar-refractivity contribution in [2.75, 3.05) is 36.6 Å². The lowest BCUT2D eigenvalue weighted by Crippen LogP contribution is -2.40. The van der Waals surface area contributed by atoms with Gasteiger partial charge in [0.15, 0.2) is 9.84 Å². The molecule has 1 fully saturated rings. The molecule has 1 saturated heterocycles. The van der Waals surface area contributed by atoms with Crippen LogP contribution in [0.25, 0.3) is 0 Å². The fourth-order valence-electron chi connectivity index (χ4n) is 1.77. The Labute approximate surface area is 111 Å². The van der Waals surface area contributed by atoms with E-state index >= 15 is 0 Å². The van der Waals surface area contributed by atoms with Crippen molar-refractivity contribution in [2.45, 2.75) is 6.42 Å². The van der Waals surface area contributed by atoms with Crippen LogP contribution in [0.5, 0.6) is 0 Å². The van der Waals surface area contributed by atoms with Gasteiger partial charge in [-0.05, 0) is 0 Å². The number of rotatable bonds is 3. The Morgan fingerprint density at radius 3 is 2.42 bits per heavy atom. The van der Waals surface area contributed by atoms with Crippen LogP contribution in [0.4, 0.5) is 5.69 Å². The third-order valence-corrected chi connectivity index (χ3v) is 4.54. The molecule has 0 saturated carbocycles. The molecule has 0 unspecified atom stereocenters. The van der Waals surface area contributed by atoms with Crippen LogP contribution in [-0.2, 0) is 25.8 Å². The van der Waals surface area contributed by atoms with Crippen molar-refractivity contribution in [3.63, 3.8) is 0 Å². The maximum absolute atomic E-state index is 11.3. The third kappa shape index (κ3) is 3.63. The van der Waals surface area contributed by atoms with E-state index in [-0.39, 0.29) is 17.9 Å². The molecule has 19 heavy (non-hydrogen) atoms. The zero-order valence-corrected chi connectivity index (χ0v) is 11.4. The summed E-state index contributed by atoms with van der Waals surface area (Å²) in [4.78, 5) is 21.1. The van der Waals surface area contributed by atoms with Crippen LogP contribution < -0.4 is 4.90 Å². The number of hydrogen-bond donors (Lipinski definition) is 0. The topological polar surface area (TPSA) is 89.5 Å². The highest BCUT2D eigenvalue weighted by Crippen LogP contribution is 2.15. The van der Waals surface area contributed by atoms with Gasteiger partial charge in [-0.1, -0.05) is 0 Å². The highest BCUT2D eigenvalue weighted by molar-refractivity contribution is 7.91. The largest absolute Gasteiger partial charge is 0.469 e. The molecule has 0 N–H and O–H groups in total. The molecule has 8 heteroatoms. The predicted octanol–water partition coefficient (Wildman–Crippen LogP) is -0.573. The number of carbonyl (C=O) groups excluding carboxylic acids is 1. The number of aromatic nitrogens is 2. The summed E-state index contributed by atoms with van der Waals surface area (Å²) in [6, 6.07) is 0. The normalized spacial score (nSPS) is 18.1. The lowest BCUT2D eigenvalue weighted by Gasteiger charge is -2.28. The van der Waals surface area contributed by atoms with Crippen LogP contribution in [0.2, 0.25) is 0 Å². The molecule has 0 radical (unpaired) electrons. The minimum absolute atomic E-state index is 0.0329. The van der Waals surface area contributed by atoms with E-state index in [1.165, 1.54) is 7.11 Å². The molecule has 0 spiro atoms. The van der Waals surface area contributed by atoms with Gasteiger partial charge in [-0.25, -0.2) is 18.4 Å². The maximum atomic E-state index is 11.3. The molecule has 0 aromatic carbocycles. The molecule has 0 bridgehead atoms. The average Bonchev–Trinajstić information content (AvgIpc) is 2.40. The summed E-state index contributed by atoms with van der Waals surface area (Å²) in [5, 5.41) is 0. The number of methoxy groups -OCH3 is 1. The summed E-state index contributed by atoms with van der Waals surface area (Å²) in [5.74, 6) is 0.297. The van der Waals surface area contributed by atoms with Crippen molar-refractivity contribution >= 4 is 21.5 Å². The molecule has 1 aromatic rings. The smallest absolute Gasteiger partial charge is 0.313 e. The molecule has 2 heterocycles. The second kappa shape index (κ2) is 5.52. The van der Waals surface area contributed by atoms with Crippen LogP contribution in [0.15, 0.2) is 12.4 Å². The molecule has 0 amide bonds. The lowest BCUT2D eigenvalue weighted by atomic mass is 10.3. The highest BCUT2D eigenvalue weighted by atomic mass is 32.2. The Hall–Kier alpha value is -1.70. The zero-order valence-electron chi connectivity index (χ0n) is 10.6. The second-order valence-corrected chi connectivity index (χ2v) is 6.55. The van der Waals surface area contributed by atoms with Gasteiger partial charge in [-0.3, -0.25) is 4.79 Å². The molecular formula is C11H15N3O4S. The molecule has 0 atom stereocenters. The van der Waals surface area contributed by atoms with Crippen LogP contribution in [0.3, 0.4) is 0 Å². The van der Waals surface area contributed by atoms with Crippen LogP contribution in [0, 0.1) is 0 Å². The first-order chi connectivity index (χ1) is 9.00.